The summed E-state index contributed by atoms with van der Waals surface area (Å²) in [5.41, 5.74) is -0.918. The smallest absolute Gasteiger partial charge is 0.336 e. The number of ether oxygens (including phenoxy) is 2. The maximum atomic E-state index is 12.1. The molecule has 0 spiro atoms. The highest BCUT2D eigenvalue weighted by molar-refractivity contribution is 7.80. The number of aliphatic hydroxyl groups excluding tert-OH is 1. The van der Waals surface area contributed by atoms with Gasteiger partial charge in [0.25, 0.3) is 0 Å². The predicted molar refractivity (Wildman–Crippen MR) is 106 cm³/mol. The molecule has 0 bridgehead atoms. The van der Waals surface area contributed by atoms with E-state index in [9.17, 15) is 22.9 Å². The summed E-state index contributed by atoms with van der Waals surface area (Å²) in [4.78, 5) is 12.1. The first-order valence-corrected chi connectivity index (χ1v) is 11.6. The minimum absolute atomic E-state index is 0. The van der Waals surface area contributed by atoms with Gasteiger partial charge in [-0.15, -0.1) is 0 Å². The van der Waals surface area contributed by atoms with E-state index in [1.807, 2.05) is 6.92 Å². The summed E-state index contributed by atoms with van der Waals surface area (Å²) in [6, 6.07) is 0. The molecule has 0 aromatic carbocycles. The van der Waals surface area contributed by atoms with Crippen LogP contribution < -0.4 is 6.15 Å². The van der Waals surface area contributed by atoms with Gasteiger partial charge >= 0.3 is 5.97 Å². The highest BCUT2D eigenvalue weighted by Gasteiger charge is 2.65. The third-order valence-electron chi connectivity index (χ3n) is 8.25. The van der Waals surface area contributed by atoms with Crippen LogP contribution >= 0.6 is 0 Å². The number of carbonyl (C=O) groups excluding carboxylic acids is 1. The predicted octanol–water partition coefficient (Wildman–Crippen LogP) is 2.06. The molecular formula is C20H33NO8S. The van der Waals surface area contributed by atoms with Crippen LogP contribution in [-0.2, 0) is 28.9 Å². The van der Waals surface area contributed by atoms with Gasteiger partial charge in [0.05, 0.1) is 30.0 Å². The molecule has 0 aromatic heterocycles. The average molecular weight is 448 g/mol. The van der Waals surface area contributed by atoms with E-state index in [1.54, 1.807) is 6.08 Å². The van der Waals surface area contributed by atoms with Crippen molar-refractivity contribution in [3.8, 4) is 0 Å². The second-order valence-corrected chi connectivity index (χ2v) is 10.8. The second kappa shape index (κ2) is 7.53. The van der Waals surface area contributed by atoms with E-state index in [2.05, 4.69) is 18.0 Å². The lowest BCUT2D eigenvalue weighted by atomic mass is 9.44. The first-order valence-electron chi connectivity index (χ1n) is 10.2. The molecule has 7 atom stereocenters. The van der Waals surface area contributed by atoms with Gasteiger partial charge in [0.15, 0.2) is 0 Å². The molecule has 10 heteroatoms. The summed E-state index contributed by atoms with van der Waals surface area (Å²) in [7, 11) is -4.84. The molecule has 2 heterocycles. The lowest BCUT2D eigenvalue weighted by Crippen LogP contribution is -2.61. The first kappa shape index (κ1) is 23.6. The van der Waals surface area contributed by atoms with Crippen LogP contribution in [0.15, 0.2) is 11.6 Å². The Labute approximate surface area is 177 Å². The topological polar surface area (TPSA) is 159 Å². The van der Waals surface area contributed by atoms with Crippen molar-refractivity contribution < 1.29 is 36.5 Å². The fraction of sp³-hybridized carbons (Fsp3) is 0.850. The number of hydrogen-bond acceptors (Lipinski definition) is 8. The Morgan fingerprint density at radius 3 is 2.53 bits per heavy atom. The Morgan fingerprint density at radius 2 is 1.93 bits per heavy atom. The highest BCUT2D eigenvalue weighted by Crippen LogP contribution is 2.66. The molecule has 30 heavy (non-hydrogen) atoms. The van der Waals surface area contributed by atoms with E-state index in [0.717, 1.165) is 19.3 Å². The molecule has 1 saturated heterocycles. The molecule has 2 saturated carbocycles. The lowest BCUT2D eigenvalue weighted by Gasteiger charge is -2.62. The van der Waals surface area contributed by atoms with Gasteiger partial charge in [-0.3, -0.25) is 4.18 Å². The van der Waals surface area contributed by atoms with Gasteiger partial charge in [-0.25, -0.2) is 13.2 Å². The Bertz CT molecular complexity index is 844. The number of hydrogen-bond donors (Lipinski definition) is 2. The average Bonchev–Trinajstić information content (AvgIpc) is 3.20. The Hall–Kier alpha value is -1.04. The largest absolute Gasteiger partial charge is 0.726 e. The quantitative estimate of drug-likeness (QED) is 0.376. The van der Waals surface area contributed by atoms with Crippen LogP contribution in [0.4, 0.5) is 0 Å². The van der Waals surface area contributed by atoms with Crippen LogP contribution in [0.2, 0.25) is 0 Å². The summed E-state index contributed by atoms with van der Waals surface area (Å²) < 4.78 is 49.4. The number of quaternary nitrogens is 1. The van der Waals surface area contributed by atoms with Crippen molar-refractivity contribution >= 4 is 16.4 Å². The SMILES string of the molecule is C[C@]1(COS(=O)(=O)[O-])[C@H]2CC[C@@]3(C)O[C@@H](C4=CCOC4=O)C[C@@H]3[C@]2(C)CC[C@H]1O.[NH4+]. The molecular weight excluding hydrogens is 414 g/mol. The molecule has 5 N–H and O–H groups in total. The second-order valence-electron chi connectivity index (χ2n) is 9.79. The van der Waals surface area contributed by atoms with E-state index < -0.39 is 27.5 Å². The van der Waals surface area contributed by atoms with E-state index in [1.165, 1.54) is 0 Å². The molecule has 0 aromatic rings. The molecule has 3 fully saturated rings. The van der Waals surface area contributed by atoms with Gasteiger partial charge in [0.2, 0.25) is 10.4 Å². The minimum Gasteiger partial charge on any atom is -0.726 e. The van der Waals surface area contributed by atoms with E-state index in [4.69, 9.17) is 9.47 Å². The van der Waals surface area contributed by atoms with E-state index in [-0.39, 0.29) is 48.7 Å². The van der Waals surface area contributed by atoms with Crippen molar-refractivity contribution in [1.82, 2.24) is 6.15 Å². The minimum atomic E-state index is -4.84. The zero-order chi connectivity index (χ0) is 21.2. The summed E-state index contributed by atoms with van der Waals surface area (Å²) in [5.74, 6) is -0.230. The third kappa shape index (κ3) is 3.61. The fourth-order valence-electron chi connectivity index (χ4n) is 6.79. The number of fused-ring (bicyclic) bond motifs is 3. The maximum absolute atomic E-state index is 12.1. The van der Waals surface area contributed by atoms with Crippen LogP contribution in [0.25, 0.3) is 0 Å². The van der Waals surface area contributed by atoms with E-state index >= 15 is 0 Å². The lowest BCUT2D eigenvalue weighted by molar-refractivity contribution is -0.194. The van der Waals surface area contributed by atoms with Crippen molar-refractivity contribution in [3.63, 3.8) is 0 Å². The molecule has 0 amide bonds. The van der Waals surface area contributed by atoms with Gasteiger partial charge in [-0.2, -0.15) is 0 Å². The van der Waals surface area contributed by atoms with Crippen molar-refractivity contribution in [2.24, 2.45) is 22.7 Å². The zero-order valence-electron chi connectivity index (χ0n) is 18.0. The van der Waals surface area contributed by atoms with Crippen molar-refractivity contribution in [2.45, 2.75) is 70.7 Å². The van der Waals surface area contributed by atoms with Crippen molar-refractivity contribution in [2.75, 3.05) is 13.2 Å². The van der Waals surface area contributed by atoms with Crippen LogP contribution in [0, 0.1) is 22.7 Å². The molecule has 9 nitrogen and oxygen atoms in total. The molecule has 4 aliphatic rings. The van der Waals surface area contributed by atoms with Gasteiger partial charge in [0.1, 0.15) is 6.61 Å². The normalized spacial score (nSPS) is 45.8. The number of rotatable bonds is 4. The number of cyclic esters (lactones) is 1. The Kier molecular flexibility index (Phi) is 5.93. The summed E-state index contributed by atoms with van der Waals surface area (Å²) in [6.45, 7) is 6.02. The van der Waals surface area contributed by atoms with Gasteiger partial charge < -0.3 is 25.3 Å². The van der Waals surface area contributed by atoms with Crippen LogP contribution in [0.3, 0.4) is 0 Å². The highest BCUT2D eigenvalue weighted by atomic mass is 32.3. The Balaban J connectivity index is 0.00000256. The Morgan fingerprint density at radius 1 is 1.23 bits per heavy atom. The van der Waals surface area contributed by atoms with E-state index in [0.29, 0.717) is 18.4 Å². The summed E-state index contributed by atoms with van der Waals surface area (Å²) in [6.07, 6.45) is 4.10. The van der Waals surface area contributed by atoms with Gasteiger partial charge in [0, 0.05) is 5.41 Å². The molecule has 2 aliphatic heterocycles. The van der Waals surface area contributed by atoms with Crippen LogP contribution in [-0.4, -0.2) is 55.1 Å². The molecule has 0 radical (unpaired) electrons. The van der Waals surface area contributed by atoms with Crippen LogP contribution in [0.1, 0.15) is 52.9 Å². The first-order chi connectivity index (χ1) is 13.4. The number of esters is 1. The standard InChI is InChI=1S/C20H30O8S.H3N/c1-18-7-5-16(21)19(2,11-27-29(23,24)25)14(18)4-8-20(3)15(18)10-13(28-20)12-6-9-26-17(12)22;/h6,13-16,21H,4-5,7-11H2,1-3H3,(H,23,24,25);1H3/t13-,14+,15-,16-,18-,19+,20-;/m1./s1. The summed E-state index contributed by atoms with van der Waals surface area (Å²) >= 11 is 0. The van der Waals surface area contributed by atoms with Gasteiger partial charge in [-0.05, 0) is 62.4 Å². The van der Waals surface area contributed by atoms with Crippen LogP contribution in [0.5, 0.6) is 0 Å². The van der Waals surface area contributed by atoms with Crippen molar-refractivity contribution in [1.29, 1.82) is 0 Å². The zero-order valence-corrected chi connectivity index (χ0v) is 18.9. The fourth-order valence-corrected chi connectivity index (χ4v) is 7.18. The molecule has 172 valence electrons. The molecule has 4 rings (SSSR count). The monoisotopic (exact) mass is 447 g/mol. The van der Waals surface area contributed by atoms with Crippen molar-refractivity contribution in [3.05, 3.63) is 11.6 Å². The third-order valence-corrected chi connectivity index (χ3v) is 8.65. The number of carbonyl (C=O) groups is 1. The molecule has 0 unspecified atom stereocenters. The van der Waals surface area contributed by atoms with Gasteiger partial charge in [-0.1, -0.05) is 13.8 Å². The summed E-state index contributed by atoms with van der Waals surface area (Å²) in [5, 5.41) is 10.8. The maximum Gasteiger partial charge on any atom is 0.336 e. The number of aliphatic hydroxyl groups is 1. The molecule has 2 aliphatic carbocycles.